The zero-order valence-electron chi connectivity index (χ0n) is 18.2. The summed E-state index contributed by atoms with van der Waals surface area (Å²) >= 11 is 0. The van der Waals surface area contributed by atoms with Gasteiger partial charge >= 0.3 is 12.1 Å². The maximum atomic E-state index is 13.7. The summed E-state index contributed by atoms with van der Waals surface area (Å²) in [6, 6.07) is 16.3. The van der Waals surface area contributed by atoms with E-state index in [-0.39, 0.29) is 23.8 Å². The van der Waals surface area contributed by atoms with Crippen LogP contribution in [0.25, 0.3) is 11.1 Å². The molecule has 1 aliphatic heterocycles. The van der Waals surface area contributed by atoms with Crippen molar-refractivity contribution in [1.82, 2.24) is 0 Å². The zero-order valence-corrected chi connectivity index (χ0v) is 19.0. The largest absolute Gasteiger partial charge is 0.481 e. The maximum Gasteiger partial charge on any atom is 0.416 e. The van der Waals surface area contributed by atoms with E-state index in [2.05, 4.69) is 0 Å². The van der Waals surface area contributed by atoms with Gasteiger partial charge in [0.2, 0.25) is 0 Å². The summed E-state index contributed by atoms with van der Waals surface area (Å²) in [5, 5.41) is 9.07. The van der Waals surface area contributed by atoms with Crippen molar-refractivity contribution in [3.05, 3.63) is 83.4 Å². The van der Waals surface area contributed by atoms with E-state index in [1.165, 1.54) is 22.5 Å². The van der Waals surface area contributed by atoms with Crippen molar-refractivity contribution in [3.8, 4) is 11.1 Å². The molecule has 9 heteroatoms. The van der Waals surface area contributed by atoms with Crippen LogP contribution in [0.3, 0.4) is 0 Å². The van der Waals surface area contributed by atoms with Crippen LogP contribution in [0.4, 0.5) is 18.9 Å². The Hall–Kier alpha value is -3.33. The third-order valence-electron chi connectivity index (χ3n) is 6.11. The number of carboxylic acids is 1. The number of hydrogen-bond donors (Lipinski definition) is 1. The quantitative estimate of drug-likeness (QED) is 0.472. The number of aliphatic carboxylic acids is 1. The molecule has 34 heavy (non-hydrogen) atoms. The highest BCUT2D eigenvalue weighted by atomic mass is 32.2. The third-order valence-corrected chi connectivity index (χ3v) is 8.04. The summed E-state index contributed by atoms with van der Waals surface area (Å²) in [6.07, 6.45) is -4.22. The molecule has 0 bridgehead atoms. The Morgan fingerprint density at radius 3 is 2.35 bits per heavy atom. The second kappa shape index (κ2) is 8.79. The summed E-state index contributed by atoms with van der Waals surface area (Å²) < 4.78 is 67.5. The fourth-order valence-corrected chi connectivity index (χ4v) is 6.18. The van der Waals surface area contributed by atoms with Gasteiger partial charge in [0, 0.05) is 18.9 Å². The first kappa shape index (κ1) is 23.8. The van der Waals surface area contributed by atoms with Gasteiger partial charge in [-0.05, 0) is 59.9 Å². The standard InChI is InChI=1S/C25H22F3NO4S/c1-16-20(17-9-12-19(13-10-17)25(26,27)28)6-4-8-23(16)34(32,33)29-15-18(11-14-24(30)31)21-5-2-3-7-22(21)29/h2-10,12-13,18H,11,14-15H2,1H3,(H,30,31). The number of carbonyl (C=O) groups is 1. The highest BCUT2D eigenvalue weighted by Gasteiger charge is 2.37. The van der Waals surface area contributed by atoms with Gasteiger partial charge in [-0.25, -0.2) is 8.42 Å². The molecule has 1 unspecified atom stereocenters. The molecule has 1 N–H and O–H groups in total. The second-order valence-corrected chi connectivity index (χ2v) is 10.1. The Bertz CT molecular complexity index is 1340. The molecular formula is C25H22F3NO4S. The first-order valence-electron chi connectivity index (χ1n) is 10.6. The van der Waals surface area contributed by atoms with Crippen molar-refractivity contribution < 1.29 is 31.5 Å². The van der Waals surface area contributed by atoms with Gasteiger partial charge in [-0.1, -0.05) is 42.5 Å². The predicted molar refractivity (Wildman–Crippen MR) is 122 cm³/mol. The number of fused-ring (bicyclic) bond motifs is 1. The number of anilines is 1. The fraction of sp³-hybridized carbons (Fsp3) is 0.240. The van der Waals surface area contributed by atoms with Gasteiger partial charge in [-0.2, -0.15) is 13.2 Å². The van der Waals surface area contributed by atoms with Crippen LogP contribution < -0.4 is 4.31 Å². The van der Waals surface area contributed by atoms with Crippen molar-refractivity contribution in [3.63, 3.8) is 0 Å². The van der Waals surface area contributed by atoms with E-state index in [0.29, 0.717) is 28.8 Å². The van der Waals surface area contributed by atoms with E-state index in [1.807, 2.05) is 6.07 Å². The van der Waals surface area contributed by atoms with Gasteiger partial charge in [-0.15, -0.1) is 0 Å². The van der Waals surface area contributed by atoms with Crippen LogP contribution in [0.15, 0.2) is 71.6 Å². The molecule has 3 aromatic rings. The molecular weight excluding hydrogens is 467 g/mol. The van der Waals surface area contributed by atoms with E-state index in [0.717, 1.165) is 17.7 Å². The molecule has 3 aromatic carbocycles. The van der Waals surface area contributed by atoms with Crippen LogP contribution in [-0.4, -0.2) is 26.0 Å². The minimum Gasteiger partial charge on any atom is -0.481 e. The lowest BCUT2D eigenvalue weighted by molar-refractivity contribution is -0.138. The van der Waals surface area contributed by atoms with E-state index in [4.69, 9.17) is 5.11 Å². The molecule has 0 amide bonds. The van der Waals surface area contributed by atoms with E-state index in [1.54, 1.807) is 37.3 Å². The number of halogens is 3. The normalized spacial score (nSPS) is 15.9. The van der Waals surface area contributed by atoms with Gasteiger partial charge < -0.3 is 5.11 Å². The first-order valence-corrected chi connectivity index (χ1v) is 12.0. The molecule has 4 rings (SSSR count). The number of alkyl halides is 3. The molecule has 5 nitrogen and oxygen atoms in total. The molecule has 0 saturated heterocycles. The lowest BCUT2D eigenvalue weighted by atomic mass is 9.96. The fourth-order valence-electron chi connectivity index (χ4n) is 4.39. The average molecular weight is 490 g/mol. The Balaban J connectivity index is 1.72. The molecule has 1 aliphatic rings. The minimum atomic E-state index is -4.46. The van der Waals surface area contributed by atoms with Crippen molar-refractivity contribution in [2.45, 2.75) is 36.8 Å². The van der Waals surface area contributed by atoms with Gasteiger partial charge in [0.1, 0.15) is 0 Å². The van der Waals surface area contributed by atoms with Crippen LogP contribution in [0.5, 0.6) is 0 Å². The highest BCUT2D eigenvalue weighted by molar-refractivity contribution is 7.93. The van der Waals surface area contributed by atoms with Crippen LogP contribution in [0.1, 0.15) is 35.4 Å². The van der Waals surface area contributed by atoms with Crippen molar-refractivity contribution in [1.29, 1.82) is 0 Å². The Morgan fingerprint density at radius 1 is 1.03 bits per heavy atom. The second-order valence-electron chi connectivity index (χ2n) is 8.23. The van der Waals surface area contributed by atoms with E-state index in [9.17, 15) is 26.4 Å². The number of sulfonamides is 1. The van der Waals surface area contributed by atoms with Gasteiger partial charge in [0.15, 0.2) is 0 Å². The SMILES string of the molecule is Cc1c(-c2ccc(C(F)(F)F)cc2)cccc1S(=O)(=O)N1CC(CCC(=O)O)c2ccccc21. The van der Waals surface area contributed by atoms with Gasteiger partial charge in [0.25, 0.3) is 10.0 Å². The van der Waals surface area contributed by atoms with Crippen molar-refractivity contribution in [2.75, 3.05) is 10.8 Å². The average Bonchev–Trinajstić information content (AvgIpc) is 3.17. The number of nitrogens with zero attached hydrogens (tertiary/aromatic N) is 1. The lowest BCUT2D eigenvalue weighted by Crippen LogP contribution is -2.30. The minimum absolute atomic E-state index is 0.0542. The number of hydrogen-bond acceptors (Lipinski definition) is 3. The maximum absolute atomic E-state index is 13.7. The Morgan fingerprint density at radius 2 is 1.71 bits per heavy atom. The summed E-state index contributed by atoms with van der Waals surface area (Å²) in [4.78, 5) is 11.1. The van der Waals surface area contributed by atoms with Crippen LogP contribution in [-0.2, 0) is 21.0 Å². The Kier molecular flexibility index (Phi) is 6.16. The monoisotopic (exact) mass is 489 g/mol. The first-order chi connectivity index (χ1) is 16.0. The van der Waals surface area contributed by atoms with E-state index >= 15 is 0 Å². The van der Waals surface area contributed by atoms with Crippen molar-refractivity contribution in [2.24, 2.45) is 0 Å². The highest BCUT2D eigenvalue weighted by Crippen LogP contribution is 2.42. The lowest BCUT2D eigenvalue weighted by Gasteiger charge is -2.22. The molecule has 0 saturated carbocycles. The van der Waals surface area contributed by atoms with Gasteiger partial charge in [0.05, 0.1) is 16.1 Å². The van der Waals surface area contributed by atoms with Crippen LogP contribution in [0, 0.1) is 6.92 Å². The molecule has 0 fully saturated rings. The summed E-state index contributed by atoms with van der Waals surface area (Å²) in [5.41, 5.74) is 1.93. The Labute approximate surface area is 195 Å². The molecule has 0 aliphatic carbocycles. The molecule has 0 aromatic heterocycles. The number of benzene rings is 3. The van der Waals surface area contributed by atoms with E-state index < -0.39 is 27.7 Å². The molecule has 0 spiro atoms. The predicted octanol–water partition coefficient (Wildman–Crippen LogP) is 5.84. The number of para-hydroxylation sites is 1. The molecule has 1 atom stereocenters. The van der Waals surface area contributed by atoms with Crippen LogP contribution >= 0.6 is 0 Å². The number of rotatable bonds is 6. The smallest absolute Gasteiger partial charge is 0.416 e. The van der Waals surface area contributed by atoms with Crippen LogP contribution in [0.2, 0.25) is 0 Å². The summed E-state index contributed by atoms with van der Waals surface area (Å²) in [5.74, 6) is -1.20. The molecule has 178 valence electrons. The van der Waals surface area contributed by atoms with Gasteiger partial charge in [-0.3, -0.25) is 9.10 Å². The molecule has 1 heterocycles. The number of carboxylic acid groups (broad SMARTS) is 1. The summed E-state index contributed by atoms with van der Waals surface area (Å²) in [7, 11) is -4.01. The molecule has 0 radical (unpaired) electrons. The van der Waals surface area contributed by atoms with Crippen molar-refractivity contribution >= 4 is 21.7 Å². The third kappa shape index (κ3) is 4.40. The zero-order chi connectivity index (χ0) is 24.7. The topological polar surface area (TPSA) is 74.7 Å². The summed E-state index contributed by atoms with van der Waals surface area (Å²) in [6.45, 7) is 1.75.